The molecule has 0 aliphatic heterocycles. The van der Waals surface area contributed by atoms with E-state index in [1.54, 1.807) is 7.11 Å². The zero-order valence-corrected chi connectivity index (χ0v) is 15.5. The minimum atomic E-state index is -1.74. The van der Waals surface area contributed by atoms with Crippen LogP contribution in [0.25, 0.3) is 0 Å². The lowest BCUT2D eigenvalue weighted by molar-refractivity contribution is 0.111. The van der Waals surface area contributed by atoms with E-state index in [1.807, 2.05) is 13.8 Å². The first-order valence-corrected chi connectivity index (χ1v) is 9.07. The van der Waals surface area contributed by atoms with Crippen LogP contribution in [0.1, 0.15) is 43.6 Å². The van der Waals surface area contributed by atoms with Crippen molar-refractivity contribution in [3.05, 3.63) is 17.7 Å². The van der Waals surface area contributed by atoms with Gasteiger partial charge in [0.15, 0.2) is 12.1 Å². The Morgan fingerprint density at radius 1 is 1.62 bits per heavy atom. The molecule has 0 aromatic carbocycles. The van der Waals surface area contributed by atoms with Gasteiger partial charge in [-0.25, -0.2) is 13.3 Å². The van der Waals surface area contributed by atoms with Crippen molar-refractivity contribution in [2.75, 3.05) is 20.3 Å². The molecular formula is C16H27FN2O4S. The first kappa shape index (κ1) is 21.0. The second kappa shape index (κ2) is 9.41. The second-order valence-corrected chi connectivity index (χ2v) is 7.36. The molecule has 8 heteroatoms. The van der Waals surface area contributed by atoms with Crippen LogP contribution in [-0.4, -0.2) is 46.5 Å². The smallest absolute Gasteiger partial charge is 0.169 e. The Bertz CT molecular complexity index is 577. The Morgan fingerprint density at radius 2 is 2.25 bits per heavy atom. The molecule has 3 atom stereocenters. The van der Waals surface area contributed by atoms with E-state index in [0.717, 1.165) is 25.9 Å². The number of aliphatic hydroxyl groups excluding tert-OH is 1. The maximum Gasteiger partial charge on any atom is 0.169 e. The molecule has 2 N–H and O–H groups in total. The molecular weight excluding hydrogens is 335 g/mol. The average molecular weight is 362 g/mol. The van der Waals surface area contributed by atoms with E-state index in [0.29, 0.717) is 6.29 Å². The summed E-state index contributed by atoms with van der Waals surface area (Å²) >= 11 is 0. The predicted octanol–water partition coefficient (Wildman–Crippen LogP) is 1.79. The largest absolute Gasteiger partial charge is 0.396 e. The molecule has 138 valence electrons. The fraction of sp³-hybridized carbons (Fsp3) is 0.688. The van der Waals surface area contributed by atoms with Crippen molar-refractivity contribution >= 4 is 17.3 Å². The number of nitrogens with one attached hydrogen (secondary N) is 1. The predicted molar refractivity (Wildman–Crippen MR) is 90.7 cm³/mol. The van der Waals surface area contributed by atoms with Crippen LogP contribution in [0.3, 0.4) is 0 Å². The summed E-state index contributed by atoms with van der Waals surface area (Å²) in [6.45, 7) is 4.70. The highest BCUT2D eigenvalue weighted by molar-refractivity contribution is 7.83. The Morgan fingerprint density at radius 3 is 2.71 bits per heavy atom. The third kappa shape index (κ3) is 4.72. The summed E-state index contributed by atoms with van der Waals surface area (Å²) in [5, 5.41) is 9.46. The van der Waals surface area contributed by atoms with Gasteiger partial charge in [-0.2, -0.15) is 0 Å². The topological polar surface area (TPSA) is 80.6 Å². The Labute approximate surface area is 145 Å². The standard InChI is InChI=1S/C13H19FN2O3S.C3H8O/c1-13(8-18)5-3-4-11(13)15-20(19)10-6-16(2)9(7-17)12(10)14;1-3-4-2/h6-7,11,15,18H,3-5,8H2,1-2H3;3H2,1-2H3. The number of aromatic nitrogens is 1. The highest BCUT2D eigenvalue weighted by atomic mass is 32.2. The number of hydrogen-bond donors (Lipinski definition) is 2. The Hall–Kier alpha value is -1.09. The van der Waals surface area contributed by atoms with Crippen LogP contribution in [0.15, 0.2) is 11.1 Å². The lowest BCUT2D eigenvalue weighted by atomic mass is 9.86. The van der Waals surface area contributed by atoms with Crippen LogP contribution in [0.5, 0.6) is 0 Å². The number of aliphatic hydroxyl groups is 1. The summed E-state index contributed by atoms with van der Waals surface area (Å²) in [6, 6.07) is -0.132. The Kier molecular flexibility index (Phi) is 8.21. The van der Waals surface area contributed by atoms with Crippen molar-refractivity contribution in [3.8, 4) is 0 Å². The molecule has 1 fully saturated rings. The summed E-state index contributed by atoms with van der Waals surface area (Å²) in [5.41, 5.74) is -0.458. The highest BCUT2D eigenvalue weighted by Gasteiger charge is 2.39. The minimum absolute atomic E-state index is 0.00126. The summed E-state index contributed by atoms with van der Waals surface area (Å²) < 4.78 is 35.0. The molecule has 1 aromatic rings. The fourth-order valence-corrected chi connectivity index (χ4v) is 3.97. The molecule has 1 saturated carbocycles. The number of halogens is 1. The van der Waals surface area contributed by atoms with Gasteiger partial charge in [-0.05, 0) is 19.8 Å². The van der Waals surface area contributed by atoms with Crippen LogP contribution in [0.2, 0.25) is 0 Å². The lowest BCUT2D eigenvalue weighted by Crippen LogP contribution is -2.42. The van der Waals surface area contributed by atoms with Crippen molar-refractivity contribution in [2.24, 2.45) is 12.5 Å². The van der Waals surface area contributed by atoms with Crippen LogP contribution in [-0.2, 0) is 22.8 Å². The van der Waals surface area contributed by atoms with E-state index in [2.05, 4.69) is 9.46 Å². The molecule has 1 aliphatic carbocycles. The molecule has 3 unspecified atom stereocenters. The zero-order chi connectivity index (χ0) is 18.3. The van der Waals surface area contributed by atoms with Crippen molar-refractivity contribution in [2.45, 2.75) is 44.0 Å². The van der Waals surface area contributed by atoms with Gasteiger partial charge in [0.25, 0.3) is 0 Å². The fourth-order valence-electron chi connectivity index (χ4n) is 2.66. The molecule has 0 saturated heterocycles. The first-order valence-electron chi connectivity index (χ1n) is 7.92. The lowest BCUT2D eigenvalue weighted by Gasteiger charge is -2.29. The van der Waals surface area contributed by atoms with Crippen LogP contribution in [0.4, 0.5) is 4.39 Å². The highest BCUT2D eigenvalue weighted by Crippen LogP contribution is 2.37. The number of aldehydes is 1. The molecule has 24 heavy (non-hydrogen) atoms. The maximum absolute atomic E-state index is 14.0. The van der Waals surface area contributed by atoms with Gasteiger partial charge in [-0.1, -0.05) is 13.3 Å². The number of carbonyl (C=O) groups excluding carboxylic acids is 1. The van der Waals surface area contributed by atoms with Gasteiger partial charge in [0.1, 0.15) is 21.6 Å². The number of methoxy groups -OCH3 is 1. The van der Waals surface area contributed by atoms with Crippen LogP contribution in [0, 0.1) is 11.2 Å². The molecule has 0 bridgehead atoms. The minimum Gasteiger partial charge on any atom is -0.396 e. The third-order valence-electron chi connectivity index (χ3n) is 4.42. The van der Waals surface area contributed by atoms with Gasteiger partial charge in [-0.15, -0.1) is 0 Å². The number of carbonyl (C=O) groups is 1. The van der Waals surface area contributed by atoms with Gasteiger partial charge in [0, 0.05) is 45.0 Å². The normalized spacial score (nSPS) is 24.3. The van der Waals surface area contributed by atoms with E-state index in [9.17, 15) is 18.5 Å². The maximum atomic E-state index is 14.0. The van der Waals surface area contributed by atoms with E-state index in [-0.39, 0.29) is 28.7 Å². The zero-order valence-electron chi connectivity index (χ0n) is 14.7. The SMILES string of the molecule is CCOC.Cn1cc(S(=O)NC2CCCC2(C)CO)c(F)c1C=O. The number of nitrogens with zero attached hydrogens (tertiary/aromatic N) is 1. The number of aryl methyl sites for hydroxylation is 1. The molecule has 1 aliphatic rings. The number of hydrogen-bond acceptors (Lipinski definition) is 4. The van der Waals surface area contributed by atoms with Crippen molar-refractivity contribution in [1.29, 1.82) is 0 Å². The van der Waals surface area contributed by atoms with Crippen LogP contribution < -0.4 is 4.72 Å². The molecule has 6 nitrogen and oxygen atoms in total. The van der Waals surface area contributed by atoms with Gasteiger partial charge in [0.05, 0.1) is 0 Å². The molecule has 2 rings (SSSR count). The van der Waals surface area contributed by atoms with Gasteiger partial charge in [0.2, 0.25) is 0 Å². The summed E-state index contributed by atoms with van der Waals surface area (Å²) in [7, 11) is 1.47. The average Bonchev–Trinajstić information content (AvgIpc) is 3.08. The first-order chi connectivity index (χ1) is 11.3. The van der Waals surface area contributed by atoms with Gasteiger partial charge in [-0.3, -0.25) is 4.79 Å². The monoisotopic (exact) mass is 362 g/mol. The van der Waals surface area contributed by atoms with E-state index < -0.39 is 16.8 Å². The van der Waals surface area contributed by atoms with E-state index in [4.69, 9.17) is 0 Å². The summed E-state index contributed by atoms with van der Waals surface area (Å²) in [5.74, 6) is -0.753. The molecule has 0 amide bonds. The summed E-state index contributed by atoms with van der Waals surface area (Å²) in [4.78, 5) is 10.7. The number of ether oxygens (including phenoxy) is 1. The van der Waals surface area contributed by atoms with E-state index >= 15 is 0 Å². The molecule has 0 radical (unpaired) electrons. The van der Waals surface area contributed by atoms with Crippen molar-refractivity contribution in [3.63, 3.8) is 0 Å². The molecule has 1 heterocycles. The summed E-state index contributed by atoms with van der Waals surface area (Å²) in [6.07, 6.45) is 4.33. The molecule has 0 spiro atoms. The van der Waals surface area contributed by atoms with Gasteiger partial charge < -0.3 is 14.4 Å². The quantitative estimate of drug-likeness (QED) is 0.756. The molecule has 1 aromatic heterocycles. The van der Waals surface area contributed by atoms with Crippen molar-refractivity contribution < 1.29 is 23.2 Å². The number of rotatable bonds is 6. The van der Waals surface area contributed by atoms with E-state index in [1.165, 1.54) is 17.8 Å². The van der Waals surface area contributed by atoms with Gasteiger partial charge >= 0.3 is 0 Å². The third-order valence-corrected chi connectivity index (χ3v) is 5.61. The van der Waals surface area contributed by atoms with Crippen molar-refractivity contribution in [1.82, 2.24) is 9.29 Å². The van der Waals surface area contributed by atoms with Crippen LogP contribution >= 0.6 is 0 Å². The second-order valence-electron chi connectivity index (χ2n) is 6.14. The Balaban J connectivity index is 0.000000648.